The third kappa shape index (κ3) is 39.8. The summed E-state index contributed by atoms with van der Waals surface area (Å²) in [6, 6.07) is -0.560. The lowest BCUT2D eigenvalue weighted by atomic mass is 10.0. The van der Waals surface area contributed by atoms with Crippen LogP contribution in [0.3, 0.4) is 0 Å². The number of rotatable bonds is 42. The number of aliphatic hydroxyl groups excluding tert-OH is 2. The summed E-state index contributed by atoms with van der Waals surface area (Å²) in [5.74, 6) is -0.0910. The molecular weight excluding hydrogens is 659 g/mol. The van der Waals surface area contributed by atoms with Crippen LogP contribution < -0.4 is 5.32 Å². The first-order valence-electron chi connectivity index (χ1n) is 23.1. The Morgan fingerprint density at radius 1 is 0.509 bits per heavy atom. The van der Waals surface area contributed by atoms with Gasteiger partial charge in [0.2, 0.25) is 5.91 Å². The maximum atomic E-state index is 12.4. The minimum absolute atomic E-state index is 0.0235. The summed E-state index contributed by atoms with van der Waals surface area (Å²) in [6.45, 7) is 4.86. The fraction of sp³-hybridized carbons (Fsp3) is 0.872. The molecule has 0 rings (SSSR count). The van der Waals surface area contributed by atoms with Gasteiger partial charge in [0.25, 0.3) is 0 Å². The second kappa shape index (κ2) is 43.1. The lowest BCUT2D eigenvalue weighted by Gasteiger charge is -2.22. The summed E-state index contributed by atoms with van der Waals surface area (Å²) in [5, 5.41) is 23.1. The molecule has 0 saturated carbocycles. The lowest BCUT2D eigenvalue weighted by Crippen LogP contribution is -2.45. The highest BCUT2D eigenvalue weighted by Gasteiger charge is 2.20. The molecule has 2 unspecified atom stereocenters. The maximum absolute atomic E-state index is 12.4. The summed E-state index contributed by atoms with van der Waals surface area (Å²) >= 11 is 0. The van der Waals surface area contributed by atoms with E-state index in [4.69, 9.17) is 4.74 Å². The highest BCUT2D eigenvalue weighted by atomic mass is 16.5. The molecule has 0 bridgehead atoms. The molecule has 0 fully saturated rings. The minimum Gasteiger partial charge on any atom is -0.466 e. The maximum Gasteiger partial charge on any atom is 0.305 e. The van der Waals surface area contributed by atoms with Crippen molar-refractivity contribution in [1.82, 2.24) is 5.32 Å². The van der Waals surface area contributed by atoms with Crippen molar-refractivity contribution in [3.05, 3.63) is 24.3 Å². The first-order chi connectivity index (χ1) is 26.0. The zero-order chi connectivity index (χ0) is 38.7. The molecule has 3 N–H and O–H groups in total. The average molecular weight is 748 g/mol. The predicted octanol–water partition coefficient (Wildman–Crippen LogP) is 13.2. The van der Waals surface area contributed by atoms with Crippen LogP contribution in [0.1, 0.15) is 239 Å². The Kier molecular flexibility index (Phi) is 41.7. The number of allylic oxidation sites excluding steroid dienone is 4. The van der Waals surface area contributed by atoms with Gasteiger partial charge in [0.15, 0.2) is 0 Å². The number of carbonyl (C=O) groups is 2. The van der Waals surface area contributed by atoms with E-state index < -0.39 is 12.1 Å². The molecule has 0 aliphatic heterocycles. The molecular formula is C47H89NO5. The van der Waals surface area contributed by atoms with Crippen LogP contribution in [-0.4, -0.2) is 47.4 Å². The van der Waals surface area contributed by atoms with Crippen LogP contribution in [0.15, 0.2) is 24.3 Å². The van der Waals surface area contributed by atoms with Crippen LogP contribution >= 0.6 is 0 Å². The van der Waals surface area contributed by atoms with Crippen LogP contribution in [0.5, 0.6) is 0 Å². The van der Waals surface area contributed by atoms with Crippen molar-refractivity contribution in [3.8, 4) is 0 Å². The van der Waals surface area contributed by atoms with E-state index in [0.717, 1.165) is 70.6 Å². The molecule has 2 atom stereocenters. The first kappa shape index (κ1) is 51.3. The quantitative estimate of drug-likeness (QED) is 0.0328. The molecule has 0 aromatic heterocycles. The van der Waals surface area contributed by atoms with Crippen molar-refractivity contribution in [2.45, 2.75) is 251 Å². The minimum atomic E-state index is -0.679. The number of unbranched alkanes of at least 4 members (excludes halogenated alkanes) is 27. The van der Waals surface area contributed by atoms with E-state index >= 15 is 0 Å². The molecule has 1 amide bonds. The number of hydrogen-bond acceptors (Lipinski definition) is 5. The Balaban J connectivity index is 3.51. The molecule has 0 radical (unpaired) electrons. The van der Waals surface area contributed by atoms with Crippen molar-refractivity contribution < 1.29 is 24.5 Å². The molecule has 0 aliphatic rings. The monoisotopic (exact) mass is 748 g/mol. The zero-order valence-electron chi connectivity index (χ0n) is 35.2. The normalized spacial score (nSPS) is 12.9. The second-order valence-corrected chi connectivity index (χ2v) is 15.7. The third-order valence-corrected chi connectivity index (χ3v) is 10.5. The highest BCUT2D eigenvalue weighted by molar-refractivity contribution is 5.76. The topological polar surface area (TPSA) is 95.9 Å². The van der Waals surface area contributed by atoms with Gasteiger partial charge >= 0.3 is 5.97 Å². The number of aliphatic hydroxyl groups is 2. The molecule has 312 valence electrons. The Morgan fingerprint density at radius 3 is 1.40 bits per heavy atom. The number of ether oxygens (including phenoxy) is 1. The van der Waals surface area contributed by atoms with Crippen LogP contribution in [0.2, 0.25) is 0 Å². The average Bonchev–Trinajstić information content (AvgIpc) is 3.16. The van der Waals surface area contributed by atoms with Crippen LogP contribution in [0.25, 0.3) is 0 Å². The number of nitrogens with one attached hydrogen (secondary N) is 1. The SMILES string of the molecule is CCCCC/C=C\CCCCCCCC(=O)OCCCCCCCC/C=C\CCCCCC(=O)NC(CO)C(O)CCCCCCCCCCCCC. The van der Waals surface area contributed by atoms with Crippen LogP contribution in [-0.2, 0) is 14.3 Å². The first-order valence-corrected chi connectivity index (χ1v) is 23.1. The van der Waals surface area contributed by atoms with E-state index in [-0.39, 0.29) is 18.5 Å². The molecule has 0 aliphatic carbocycles. The molecule has 0 aromatic carbocycles. The summed E-state index contributed by atoms with van der Waals surface area (Å²) in [5.41, 5.74) is 0. The largest absolute Gasteiger partial charge is 0.466 e. The van der Waals surface area contributed by atoms with E-state index in [0.29, 0.717) is 25.9 Å². The molecule has 0 aromatic rings. The van der Waals surface area contributed by atoms with Crippen molar-refractivity contribution in [2.24, 2.45) is 0 Å². The van der Waals surface area contributed by atoms with Gasteiger partial charge in [-0.05, 0) is 77.0 Å². The van der Waals surface area contributed by atoms with Gasteiger partial charge in [-0.15, -0.1) is 0 Å². The second-order valence-electron chi connectivity index (χ2n) is 15.7. The van der Waals surface area contributed by atoms with Gasteiger partial charge in [0, 0.05) is 12.8 Å². The Hall–Kier alpha value is -1.66. The summed E-state index contributed by atoms with van der Waals surface area (Å²) in [4.78, 5) is 24.3. The smallest absolute Gasteiger partial charge is 0.305 e. The predicted molar refractivity (Wildman–Crippen MR) is 227 cm³/mol. The number of esters is 1. The lowest BCUT2D eigenvalue weighted by molar-refractivity contribution is -0.143. The standard InChI is InChI=1S/C47H89NO5/c1-3-5-7-9-11-13-15-21-25-29-33-37-41-47(52)53-42-38-34-30-26-22-18-16-17-20-24-28-32-36-40-46(51)48-44(43-49)45(50)39-35-31-27-23-19-14-12-10-8-6-4-2/h11,13,17,20,44-45,49-50H,3-10,12,14-16,18-19,21-43H2,1-2H3,(H,48,51)/b13-11-,20-17-. The van der Waals surface area contributed by atoms with Crippen molar-refractivity contribution in [1.29, 1.82) is 0 Å². The molecule has 53 heavy (non-hydrogen) atoms. The van der Waals surface area contributed by atoms with Gasteiger partial charge in [-0.1, -0.05) is 173 Å². The number of hydrogen-bond donors (Lipinski definition) is 3. The van der Waals surface area contributed by atoms with Crippen LogP contribution in [0.4, 0.5) is 0 Å². The van der Waals surface area contributed by atoms with Gasteiger partial charge < -0.3 is 20.3 Å². The van der Waals surface area contributed by atoms with Crippen molar-refractivity contribution >= 4 is 11.9 Å². The number of amides is 1. The Bertz CT molecular complexity index is 828. The van der Waals surface area contributed by atoms with Gasteiger partial charge in [-0.3, -0.25) is 9.59 Å². The van der Waals surface area contributed by atoms with Crippen molar-refractivity contribution in [3.63, 3.8) is 0 Å². The van der Waals surface area contributed by atoms with Gasteiger partial charge in [0.05, 0.1) is 25.4 Å². The van der Waals surface area contributed by atoms with Crippen LogP contribution in [0, 0.1) is 0 Å². The highest BCUT2D eigenvalue weighted by Crippen LogP contribution is 2.15. The van der Waals surface area contributed by atoms with Crippen molar-refractivity contribution in [2.75, 3.05) is 13.2 Å². The van der Waals surface area contributed by atoms with E-state index in [1.54, 1.807) is 0 Å². The molecule has 0 saturated heterocycles. The van der Waals surface area contributed by atoms with E-state index in [9.17, 15) is 19.8 Å². The zero-order valence-corrected chi connectivity index (χ0v) is 35.2. The number of carbonyl (C=O) groups excluding carboxylic acids is 2. The van der Waals surface area contributed by atoms with Gasteiger partial charge in [0.1, 0.15) is 0 Å². The summed E-state index contributed by atoms with van der Waals surface area (Å²) in [6.07, 6.45) is 48.5. The molecule has 6 heteroatoms. The fourth-order valence-corrected chi connectivity index (χ4v) is 6.86. The summed E-state index contributed by atoms with van der Waals surface area (Å²) in [7, 11) is 0. The fourth-order valence-electron chi connectivity index (χ4n) is 6.86. The van der Waals surface area contributed by atoms with E-state index in [2.05, 4.69) is 43.5 Å². The van der Waals surface area contributed by atoms with Gasteiger partial charge in [-0.2, -0.15) is 0 Å². The Labute approximate surface area is 329 Å². The molecule has 0 heterocycles. The Morgan fingerprint density at radius 2 is 0.887 bits per heavy atom. The van der Waals surface area contributed by atoms with Gasteiger partial charge in [-0.25, -0.2) is 0 Å². The summed E-state index contributed by atoms with van der Waals surface area (Å²) < 4.78 is 5.43. The molecule has 6 nitrogen and oxygen atoms in total. The molecule has 0 spiro atoms. The van der Waals surface area contributed by atoms with E-state index in [1.165, 1.54) is 135 Å². The van der Waals surface area contributed by atoms with E-state index in [1.807, 2.05) is 0 Å². The third-order valence-electron chi connectivity index (χ3n) is 10.5.